The van der Waals surface area contributed by atoms with Crippen LogP contribution in [-0.2, 0) is 17.1 Å². The maximum atomic E-state index is 12.4. The SMILES string of the molecule is COC(=N)c1cc(C(F)(F)F)cc(C(F)(F)F)c1.Cl. The first-order valence-electron chi connectivity index (χ1n) is 4.48. The van der Waals surface area contributed by atoms with Crippen LogP contribution >= 0.6 is 12.4 Å². The van der Waals surface area contributed by atoms with Crippen molar-refractivity contribution in [1.82, 2.24) is 0 Å². The van der Waals surface area contributed by atoms with Crippen LogP contribution in [0.15, 0.2) is 18.2 Å². The third-order valence-corrected chi connectivity index (χ3v) is 2.05. The van der Waals surface area contributed by atoms with E-state index < -0.39 is 34.9 Å². The van der Waals surface area contributed by atoms with Gasteiger partial charge in [-0.15, -0.1) is 12.4 Å². The fourth-order valence-electron chi connectivity index (χ4n) is 1.20. The summed E-state index contributed by atoms with van der Waals surface area (Å²) in [7, 11) is 0.982. The number of alkyl halides is 6. The van der Waals surface area contributed by atoms with Gasteiger partial charge in [0.1, 0.15) is 0 Å². The number of methoxy groups -OCH3 is 1. The maximum absolute atomic E-state index is 12.4. The maximum Gasteiger partial charge on any atom is 0.416 e. The van der Waals surface area contributed by atoms with Crippen LogP contribution < -0.4 is 0 Å². The summed E-state index contributed by atoms with van der Waals surface area (Å²) in [4.78, 5) is 0. The van der Waals surface area contributed by atoms with Gasteiger partial charge in [0.15, 0.2) is 0 Å². The van der Waals surface area contributed by atoms with E-state index in [1.165, 1.54) is 0 Å². The standard InChI is InChI=1S/C10H7F6NO.ClH/c1-18-8(17)5-2-6(9(11,12)13)4-7(3-5)10(14,15)16;/h2-4,17H,1H3;1H. The van der Waals surface area contributed by atoms with Crippen molar-refractivity contribution in [1.29, 1.82) is 5.41 Å². The largest absolute Gasteiger partial charge is 0.481 e. The lowest BCUT2D eigenvalue weighted by atomic mass is 10.0. The number of rotatable bonds is 1. The highest BCUT2D eigenvalue weighted by molar-refractivity contribution is 5.92. The summed E-state index contributed by atoms with van der Waals surface area (Å²) < 4.78 is 78.9. The molecule has 0 fully saturated rings. The number of nitrogens with one attached hydrogen (secondary N) is 1. The Labute approximate surface area is 110 Å². The van der Waals surface area contributed by atoms with Gasteiger partial charge >= 0.3 is 12.4 Å². The van der Waals surface area contributed by atoms with Gasteiger partial charge in [-0.3, -0.25) is 5.41 Å². The smallest absolute Gasteiger partial charge is 0.416 e. The van der Waals surface area contributed by atoms with Gasteiger partial charge in [-0.2, -0.15) is 26.3 Å². The third-order valence-electron chi connectivity index (χ3n) is 2.05. The normalized spacial score (nSPS) is 11.7. The first-order chi connectivity index (χ1) is 8.05. The van der Waals surface area contributed by atoms with Gasteiger partial charge < -0.3 is 4.74 Å². The second-order valence-corrected chi connectivity index (χ2v) is 3.33. The number of benzene rings is 1. The lowest BCUT2D eigenvalue weighted by Crippen LogP contribution is -2.14. The summed E-state index contributed by atoms with van der Waals surface area (Å²) in [6.45, 7) is 0. The molecule has 1 aromatic carbocycles. The topological polar surface area (TPSA) is 33.1 Å². The number of hydrogen-bond donors (Lipinski definition) is 1. The van der Waals surface area contributed by atoms with Crippen LogP contribution in [0.2, 0.25) is 0 Å². The zero-order valence-corrected chi connectivity index (χ0v) is 10.1. The molecule has 0 amide bonds. The molecule has 0 aliphatic carbocycles. The van der Waals surface area contributed by atoms with Crippen molar-refractivity contribution in [2.75, 3.05) is 7.11 Å². The molecule has 2 nitrogen and oxygen atoms in total. The van der Waals surface area contributed by atoms with Crippen molar-refractivity contribution in [3.63, 3.8) is 0 Å². The minimum Gasteiger partial charge on any atom is -0.481 e. The molecule has 19 heavy (non-hydrogen) atoms. The van der Waals surface area contributed by atoms with Crippen LogP contribution in [0.1, 0.15) is 16.7 Å². The van der Waals surface area contributed by atoms with Gasteiger partial charge in [-0.25, -0.2) is 0 Å². The molecule has 0 unspecified atom stereocenters. The Hall–Kier alpha value is -1.44. The molecule has 0 saturated carbocycles. The quantitative estimate of drug-likeness (QED) is 0.472. The average Bonchev–Trinajstić information content (AvgIpc) is 2.25. The van der Waals surface area contributed by atoms with Gasteiger partial charge in [-0.05, 0) is 18.2 Å². The Morgan fingerprint density at radius 3 is 1.58 bits per heavy atom. The molecule has 108 valence electrons. The van der Waals surface area contributed by atoms with Crippen LogP contribution in [0.4, 0.5) is 26.3 Å². The summed E-state index contributed by atoms with van der Waals surface area (Å²) in [6, 6.07) is 0.856. The molecule has 0 saturated heterocycles. The summed E-state index contributed by atoms with van der Waals surface area (Å²) in [5.41, 5.74) is -3.54. The molecule has 0 atom stereocenters. The van der Waals surface area contributed by atoms with Crippen molar-refractivity contribution >= 4 is 18.3 Å². The molecule has 1 aromatic rings. The molecular weight excluding hydrogens is 300 g/mol. The molecule has 0 aromatic heterocycles. The molecule has 0 radical (unpaired) electrons. The summed E-state index contributed by atoms with van der Waals surface area (Å²) >= 11 is 0. The van der Waals surface area contributed by atoms with E-state index in [2.05, 4.69) is 4.74 Å². The van der Waals surface area contributed by atoms with Crippen LogP contribution in [0, 0.1) is 5.41 Å². The van der Waals surface area contributed by atoms with Crippen molar-refractivity contribution in [2.24, 2.45) is 0 Å². The van der Waals surface area contributed by atoms with Gasteiger partial charge in [0.2, 0.25) is 5.90 Å². The average molecular weight is 308 g/mol. The zero-order chi connectivity index (χ0) is 14.1. The fraction of sp³-hybridized carbons (Fsp3) is 0.300. The van der Waals surface area contributed by atoms with Crippen LogP contribution in [0.3, 0.4) is 0 Å². The molecular formula is C10H8ClF6NO. The summed E-state index contributed by atoms with van der Waals surface area (Å²) in [5.74, 6) is -0.772. The molecule has 9 heteroatoms. The van der Waals surface area contributed by atoms with E-state index in [0.717, 1.165) is 7.11 Å². The monoisotopic (exact) mass is 307 g/mol. The Balaban J connectivity index is 0.00000324. The third kappa shape index (κ3) is 4.30. The predicted octanol–water partition coefficient (Wildman–Crippen LogP) is 4.12. The second kappa shape index (κ2) is 5.68. The lowest BCUT2D eigenvalue weighted by Gasteiger charge is -2.14. The van der Waals surface area contributed by atoms with Gasteiger partial charge in [-0.1, -0.05) is 0 Å². The van der Waals surface area contributed by atoms with Gasteiger partial charge in [0.05, 0.1) is 18.2 Å². The number of ether oxygens (including phenoxy) is 1. The zero-order valence-electron chi connectivity index (χ0n) is 9.32. The molecule has 1 N–H and O–H groups in total. The van der Waals surface area contributed by atoms with Crippen molar-refractivity contribution in [2.45, 2.75) is 12.4 Å². The summed E-state index contributed by atoms with van der Waals surface area (Å²) in [5, 5.41) is 7.12. The highest BCUT2D eigenvalue weighted by Crippen LogP contribution is 2.36. The highest BCUT2D eigenvalue weighted by Gasteiger charge is 2.37. The number of halogens is 7. The minimum absolute atomic E-state index is 0. The molecule has 0 heterocycles. The Kier molecular flexibility index (Phi) is 5.25. The van der Waals surface area contributed by atoms with Crippen molar-refractivity contribution in [3.05, 3.63) is 34.9 Å². The number of hydrogen-bond acceptors (Lipinski definition) is 2. The highest BCUT2D eigenvalue weighted by atomic mass is 35.5. The fourth-order valence-corrected chi connectivity index (χ4v) is 1.20. The molecule has 0 spiro atoms. The Morgan fingerprint density at radius 1 is 0.947 bits per heavy atom. The molecule has 0 aliphatic rings. The minimum atomic E-state index is -4.93. The predicted molar refractivity (Wildman–Crippen MR) is 57.5 cm³/mol. The molecule has 0 aliphatic heterocycles. The summed E-state index contributed by atoms with van der Waals surface area (Å²) in [6.07, 6.45) is -9.85. The van der Waals surface area contributed by atoms with Gasteiger partial charge in [0.25, 0.3) is 0 Å². The van der Waals surface area contributed by atoms with Gasteiger partial charge in [0, 0.05) is 5.56 Å². The van der Waals surface area contributed by atoms with E-state index >= 15 is 0 Å². The first kappa shape index (κ1) is 17.6. The van der Waals surface area contributed by atoms with Crippen LogP contribution in [0.25, 0.3) is 0 Å². The van der Waals surface area contributed by atoms with Crippen molar-refractivity contribution in [3.8, 4) is 0 Å². The molecule has 1 rings (SSSR count). The van der Waals surface area contributed by atoms with E-state index in [1.54, 1.807) is 0 Å². The van der Waals surface area contributed by atoms with E-state index in [4.69, 9.17) is 5.41 Å². The van der Waals surface area contributed by atoms with E-state index in [1.807, 2.05) is 0 Å². The van der Waals surface area contributed by atoms with E-state index in [-0.39, 0.29) is 18.5 Å². The van der Waals surface area contributed by atoms with Crippen molar-refractivity contribution < 1.29 is 31.1 Å². The lowest BCUT2D eigenvalue weighted by molar-refractivity contribution is -0.143. The van der Waals surface area contributed by atoms with Crippen LogP contribution in [0.5, 0.6) is 0 Å². The molecule has 0 bridgehead atoms. The Bertz CT molecular complexity index is 436. The van der Waals surface area contributed by atoms with E-state index in [9.17, 15) is 26.3 Å². The van der Waals surface area contributed by atoms with E-state index in [0.29, 0.717) is 12.1 Å². The second-order valence-electron chi connectivity index (χ2n) is 3.33. The van der Waals surface area contributed by atoms with Crippen LogP contribution in [-0.4, -0.2) is 13.0 Å². The first-order valence-corrected chi connectivity index (χ1v) is 4.48. The Morgan fingerprint density at radius 2 is 1.32 bits per heavy atom.